The predicted octanol–water partition coefficient (Wildman–Crippen LogP) is 6.66. The number of esters is 2. The third-order valence-electron chi connectivity index (χ3n) is 8.58. The Morgan fingerprint density at radius 1 is 0.750 bits per heavy atom. The topological polar surface area (TPSA) is 131 Å². The summed E-state index contributed by atoms with van der Waals surface area (Å²) in [5.74, 6) is -5.33. The first-order chi connectivity index (χ1) is 25.0. The Kier molecular flexibility index (Phi) is 12.1. The first-order valence-electron chi connectivity index (χ1n) is 16.5. The molecule has 1 aliphatic rings. The molecule has 0 spiro atoms. The molecule has 5 rings (SSSR count). The highest BCUT2D eigenvalue weighted by Crippen LogP contribution is 2.46. The van der Waals surface area contributed by atoms with Gasteiger partial charge in [0, 0.05) is 13.0 Å². The molecule has 0 aromatic heterocycles. The van der Waals surface area contributed by atoms with Gasteiger partial charge in [-0.25, -0.2) is 9.59 Å². The fourth-order valence-electron chi connectivity index (χ4n) is 6.15. The first kappa shape index (κ1) is 37.3. The minimum absolute atomic E-state index is 0.0381. The molecule has 0 aliphatic heterocycles. The van der Waals surface area contributed by atoms with Crippen LogP contribution in [0.3, 0.4) is 0 Å². The number of halogens is 3. The fourth-order valence-corrected chi connectivity index (χ4v) is 6.15. The van der Waals surface area contributed by atoms with E-state index in [0.717, 1.165) is 33.4 Å². The molecule has 0 saturated carbocycles. The Balaban J connectivity index is 1.16. The predicted molar refractivity (Wildman–Crippen MR) is 184 cm³/mol. The monoisotopic (exact) mass is 715 g/mol. The van der Waals surface area contributed by atoms with Gasteiger partial charge in [-0.3, -0.25) is 19.3 Å². The number of benzene rings is 4. The van der Waals surface area contributed by atoms with E-state index in [0.29, 0.717) is 24.9 Å². The van der Waals surface area contributed by atoms with Crippen LogP contribution < -0.4 is 10.6 Å². The lowest BCUT2D eigenvalue weighted by atomic mass is 9.99. The van der Waals surface area contributed by atoms with Crippen molar-refractivity contribution in [3.05, 3.63) is 120 Å². The second-order valence-corrected chi connectivity index (χ2v) is 12.0. The van der Waals surface area contributed by atoms with Crippen LogP contribution in [0.4, 0.5) is 18.0 Å². The van der Waals surface area contributed by atoms with Gasteiger partial charge in [0.25, 0.3) is 0 Å². The van der Waals surface area contributed by atoms with Gasteiger partial charge in [0.15, 0.2) is 0 Å². The normalized spacial score (nSPS) is 12.5. The number of unbranched alkanes of at least 4 members (excludes halogenated alkanes) is 1. The molecular formula is C39H36F3N3O7. The van der Waals surface area contributed by atoms with E-state index in [1.54, 1.807) is 29.2 Å². The maximum Gasteiger partial charge on any atom is 0.491 e. The maximum atomic E-state index is 12.9. The molecule has 10 nitrogen and oxygen atoms in total. The number of amides is 3. The van der Waals surface area contributed by atoms with E-state index >= 15 is 0 Å². The number of carbonyl (C=O) groups is 5. The van der Waals surface area contributed by atoms with E-state index in [1.807, 2.05) is 78.9 Å². The smallest absolute Gasteiger partial charge is 0.453 e. The molecule has 3 amide bonds. The van der Waals surface area contributed by atoms with Crippen LogP contribution in [0.25, 0.3) is 22.3 Å². The SMILES string of the molecule is COC(=O)N(CCCCC(=O)NCC(=O)NC(CC(=O)OC(=O)C(F)(F)F)c1ccc(-c2ccccc2)cc1)C1c2ccccc2-c2ccccc21. The van der Waals surface area contributed by atoms with Crippen LogP contribution in [0.15, 0.2) is 103 Å². The minimum Gasteiger partial charge on any atom is -0.453 e. The highest BCUT2D eigenvalue weighted by atomic mass is 19.4. The number of alkyl halides is 3. The third kappa shape index (κ3) is 9.22. The lowest BCUT2D eigenvalue weighted by molar-refractivity contribution is -0.202. The second-order valence-electron chi connectivity index (χ2n) is 12.0. The van der Waals surface area contributed by atoms with Crippen LogP contribution in [0.2, 0.25) is 0 Å². The Bertz CT molecular complexity index is 1870. The lowest BCUT2D eigenvalue weighted by Crippen LogP contribution is -2.39. The van der Waals surface area contributed by atoms with Crippen molar-refractivity contribution in [3.63, 3.8) is 0 Å². The molecular weight excluding hydrogens is 679 g/mol. The van der Waals surface area contributed by atoms with E-state index in [9.17, 15) is 37.1 Å². The molecule has 13 heteroatoms. The van der Waals surface area contributed by atoms with Crippen molar-refractivity contribution < 1.29 is 46.6 Å². The zero-order valence-corrected chi connectivity index (χ0v) is 28.2. The zero-order valence-electron chi connectivity index (χ0n) is 28.2. The Labute approximate surface area is 297 Å². The van der Waals surface area contributed by atoms with Crippen LogP contribution in [0.5, 0.6) is 0 Å². The van der Waals surface area contributed by atoms with Crippen LogP contribution >= 0.6 is 0 Å². The molecule has 2 N–H and O–H groups in total. The summed E-state index contributed by atoms with van der Waals surface area (Å²) in [6, 6.07) is 30.1. The maximum absolute atomic E-state index is 12.9. The van der Waals surface area contributed by atoms with Crippen molar-refractivity contribution in [1.82, 2.24) is 15.5 Å². The Morgan fingerprint density at radius 3 is 1.92 bits per heavy atom. The number of nitrogens with zero attached hydrogens (tertiary/aromatic N) is 1. The Hall–Kier alpha value is -5.98. The molecule has 52 heavy (non-hydrogen) atoms. The average Bonchev–Trinajstić information content (AvgIpc) is 3.47. The standard InChI is InChI=1S/C39H36F3N3O7/c1-51-38(50)45(36-30-15-7-5-13-28(30)29-14-6-8-16-31(29)36)22-10-9-17-33(46)43-24-34(47)44-32(23-35(48)52-37(49)39(40,41)42)27-20-18-26(19-21-27)25-11-3-2-4-12-25/h2-8,11-16,18-21,32,36H,9-10,17,22-24H2,1H3,(H,43,46)(H,44,47). The van der Waals surface area contributed by atoms with Crippen LogP contribution in [0, 0.1) is 0 Å². The number of carbonyl (C=O) groups excluding carboxylic acids is 5. The number of rotatable bonds is 13. The van der Waals surface area contributed by atoms with Gasteiger partial charge in [-0.2, -0.15) is 13.2 Å². The van der Waals surface area contributed by atoms with Crippen LogP contribution in [-0.4, -0.2) is 61.1 Å². The molecule has 0 fully saturated rings. The largest absolute Gasteiger partial charge is 0.491 e. The average molecular weight is 716 g/mol. The third-order valence-corrected chi connectivity index (χ3v) is 8.58. The molecule has 1 atom stereocenters. The number of ether oxygens (including phenoxy) is 2. The molecule has 0 heterocycles. The van der Waals surface area contributed by atoms with Crippen molar-refractivity contribution in [2.45, 2.75) is 43.9 Å². The van der Waals surface area contributed by atoms with Crippen LogP contribution in [-0.2, 0) is 28.7 Å². The summed E-state index contributed by atoms with van der Waals surface area (Å²) in [5, 5.41) is 5.04. The highest BCUT2D eigenvalue weighted by Gasteiger charge is 2.42. The first-order valence-corrected chi connectivity index (χ1v) is 16.5. The summed E-state index contributed by atoms with van der Waals surface area (Å²) in [6.45, 7) is -0.191. The van der Waals surface area contributed by atoms with Gasteiger partial charge < -0.3 is 20.1 Å². The molecule has 0 bridgehead atoms. The van der Waals surface area contributed by atoms with Gasteiger partial charge in [-0.15, -0.1) is 0 Å². The number of methoxy groups -OCH3 is 1. The molecule has 270 valence electrons. The number of fused-ring (bicyclic) bond motifs is 3. The number of hydrogen-bond acceptors (Lipinski definition) is 7. The Morgan fingerprint density at radius 2 is 1.33 bits per heavy atom. The van der Waals surface area contributed by atoms with Crippen molar-refractivity contribution in [3.8, 4) is 22.3 Å². The van der Waals surface area contributed by atoms with Gasteiger partial charge in [0.2, 0.25) is 11.8 Å². The fraction of sp³-hybridized carbons (Fsp3) is 0.256. The van der Waals surface area contributed by atoms with Gasteiger partial charge in [0.1, 0.15) is 0 Å². The van der Waals surface area contributed by atoms with Gasteiger partial charge in [0.05, 0.1) is 32.2 Å². The second kappa shape index (κ2) is 16.8. The number of hydrogen-bond donors (Lipinski definition) is 2. The van der Waals surface area contributed by atoms with E-state index < -0.39 is 55.0 Å². The lowest BCUT2D eigenvalue weighted by Gasteiger charge is -2.29. The molecule has 1 aliphatic carbocycles. The van der Waals surface area contributed by atoms with E-state index in [4.69, 9.17) is 4.74 Å². The van der Waals surface area contributed by atoms with Crippen molar-refractivity contribution in [1.29, 1.82) is 0 Å². The van der Waals surface area contributed by atoms with Crippen molar-refractivity contribution in [2.24, 2.45) is 0 Å². The van der Waals surface area contributed by atoms with E-state index in [2.05, 4.69) is 15.4 Å². The van der Waals surface area contributed by atoms with E-state index in [-0.39, 0.29) is 12.5 Å². The van der Waals surface area contributed by atoms with Gasteiger partial charge in [-0.1, -0.05) is 103 Å². The summed E-state index contributed by atoms with van der Waals surface area (Å²) in [4.78, 5) is 63.6. The molecule has 4 aromatic rings. The van der Waals surface area contributed by atoms with Gasteiger partial charge >= 0.3 is 24.2 Å². The van der Waals surface area contributed by atoms with E-state index in [1.165, 1.54) is 7.11 Å². The van der Waals surface area contributed by atoms with Crippen LogP contribution in [0.1, 0.15) is 54.5 Å². The summed E-state index contributed by atoms with van der Waals surface area (Å²) in [5.41, 5.74) is 6.08. The summed E-state index contributed by atoms with van der Waals surface area (Å²) in [6.07, 6.45) is -5.79. The molecule has 0 saturated heterocycles. The summed E-state index contributed by atoms with van der Waals surface area (Å²) in [7, 11) is 1.32. The van der Waals surface area contributed by atoms with Crippen molar-refractivity contribution in [2.75, 3.05) is 20.2 Å². The van der Waals surface area contributed by atoms with Crippen molar-refractivity contribution >= 4 is 29.8 Å². The summed E-state index contributed by atoms with van der Waals surface area (Å²) >= 11 is 0. The quantitative estimate of drug-likeness (QED) is 0.0900. The van der Waals surface area contributed by atoms with Gasteiger partial charge in [-0.05, 0) is 51.8 Å². The highest BCUT2D eigenvalue weighted by molar-refractivity contribution is 5.89. The molecule has 1 unspecified atom stereocenters. The summed E-state index contributed by atoms with van der Waals surface area (Å²) < 4.78 is 47.1. The minimum atomic E-state index is -5.37. The zero-order chi connectivity index (χ0) is 37.3. The molecule has 0 radical (unpaired) electrons. The number of nitrogens with one attached hydrogen (secondary N) is 2. The molecule has 4 aromatic carbocycles.